The van der Waals surface area contributed by atoms with E-state index in [1.165, 1.54) is 30.5 Å². The number of hydrogen-bond donors (Lipinski definition) is 1. The zero-order valence-electron chi connectivity index (χ0n) is 13.6. The minimum Gasteiger partial charge on any atom is -0.508 e. The topological polar surface area (TPSA) is 76.7 Å². The molecule has 0 saturated heterocycles. The van der Waals surface area contributed by atoms with Crippen LogP contribution in [0.1, 0.15) is 11.1 Å². The lowest BCUT2D eigenvalue weighted by Crippen LogP contribution is -2.06. The predicted octanol–water partition coefficient (Wildman–Crippen LogP) is 3.11. The third-order valence-corrected chi connectivity index (χ3v) is 3.48. The molecule has 3 rings (SSSR count). The summed E-state index contributed by atoms with van der Waals surface area (Å²) in [6.07, 6.45) is 4.17. The number of aromatic hydroxyl groups is 1. The monoisotopic (exact) mass is 346 g/mol. The molecule has 26 heavy (non-hydrogen) atoms. The molecular weight excluding hydrogens is 332 g/mol. The second kappa shape index (κ2) is 7.86. The number of esters is 1. The maximum Gasteiger partial charge on any atom is 0.331 e. The highest BCUT2D eigenvalue weighted by atomic mass is 16.5. The van der Waals surface area contributed by atoms with Gasteiger partial charge in [0.2, 0.25) is 5.43 Å². The van der Waals surface area contributed by atoms with Gasteiger partial charge < -0.3 is 14.3 Å². The number of carbonyl (C=O) groups excluding carboxylic acids is 1. The van der Waals surface area contributed by atoms with E-state index in [9.17, 15) is 14.7 Å². The van der Waals surface area contributed by atoms with Gasteiger partial charge in [-0.3, -0.25) is 4.79 Å². The number of fused-ring (bicyclic) bond motifs is 1. The van der Waals surface area contributed by atoms with Gasteiger partial charge in [0.15, 0.2) is 6.61 Å². The highest BCUT2D eigenvalue weighted by Crippen LogP contribution is 2.17. The minimum atomic E-state index is -0.524. The second-order valence-electron chi connectivity index (χ2n) is 5.31. The van der Waals surface area contributed by atoms with E-state index in [1.807, 2.05) is 30.3 Å². The molecule has 3 aromatic rings. The molecule has 0 spiro atoms. The fourth-order valence-electron chi connectivity index (χ4n) is 2.22. The van der Waals surface area contributed by atoms with E-state index in [0.717, 1.165) is 5.56 Å². The zero-order chi connectivity index (χ0) is 18.4. The van der Waals surface area contributed by atoms with E-state index in [1.54, 1.807) is 6.08 Å². The fourth-order valence-corrected chi connectivity index (χ4v) is 2.22. The van der Waals surface area contributed by atoms with Crippen molar-refractivity contribution in [3.8, 4) is 17.6 Å². The van der Waals surface area contributed by atoms with Gasteiger partial charge in [0.25, 0.3) is 0 Å². The van der Waals surface area contributed by atoms with Crippen molar-refractivity contribution in [2.75, 3.05) is 6.61 Å². The summed E-state index contributed by atoms with van der Waals surface area (Å²) in [5, 5.41) is 9.71. The third-order valence-electron chi connectivity index (χ3n) is 3.48. The molecule has 0 aliphatic heterocycles. The molecule has 0 fully saturated rings. The Morgan fingerprint density at radius 2 is 2.00 bits per heavy atom. The standard InChI is InChI=1S/C21H14O5/c22-17-9-10-18-19(13-17)26-14-16(21(18)24)7-4-12-25-20(23)11-8-15-5-2-1-3-6-15/h1-3,5-6,8-11,13-14,22H,12H2/b11-8+. The summed E-state index contributed by atoms with van der Waals surface area (Å²) >= 11 is 0. The van der Waals surface area contributed by atoms with Crippen molar-refractivity contribution in [2.45, 2.75) is 0 Å². The molecule has 0 bridgehead atoms. The molecule has 5 heteroatoms. The van der Waals surface area contributed by atoms with Crippen LogP contribution >= 0.6 is 0 Å². The van der Waals surface area contributed by atoms with Gasteiger partial charge in [-0.1, -0.05) is 42.2 Å². The minimum absolute atomic E-state index is 0.00922. The molecule has 0 atom stereocenters. The number of carbonyl (C=O) groups is 1. The third kappa shape index (κ3) is 4.19. The summed E-state index contributed by atoms with van der Waals surface area (Å²) in [7, 11) is 0. The molecule has 0 unspecified atom stereocenters. The highest BCUT2D eigenvalue weighted by molar-refractivity contribution is 5.87. The lowest BCUT2D eigenvalue weighted by atomic mass is 10.1. The van der Waals surface area contributed by atoms with Crippen molar-refractivity contribution in [3.05, 3.63) is 82.2 Å². The van der Waals surface area contributed by atoms with Gasteiger partial charge in [0.1, 0.15) is 23.2 Å². The number of rotatable bonds is 3. The Morgan fingerprint density at radius 3 is 2.81 bits per heavy atom. The number of hydrogen-bond acceptors (Lipinski definition) is 5. The zero-order valence-corrected chi connectivity index (χ0v) is 13.6. The Labute approximate surface area is 149 Å². The number of phenolic OH excluding ortho intramolecular Hbond substituents is 1. The molecule has 1 heterocycles. The first-order chi connectivity index (χ1) is 12.6. The molecule has 0 aliphatic rings. The maximum atomic E-state index is 12.3. The molecule has 0 aliphatic carbocycles. The van der Waals surface area contributed by atoms with Crippen molar-refractivity contribution in [1.82, 2.24) is 0 Å². The molecule has 0 radical (unpaired) electrons. The summed E-state index contributed by atoms with van der Waals surface area (Å²) in [6, 6.07) is 13.6. The first-order valence-corrected chi connectivity index (χ1v) is 7.77. The molecule has 1 N–H and O–H groups in total. The van der Waals surface area contributed by atoms with Crippen LogP contribution in [0.5, 0.6) is 5.75 Å². The normalized spacial score (nSPS) is 10.5. The van der Waals surface area contributed by atoms with Gasteiger partial charge in [-0.2, -0.15) is 0 Å². The van der Waals surface area contributed by atoms with Gasteiger partial charge in [-0.15, -0.1) is 0 Å². The van der Waals surface area contributed by atoms with Crippen LogP contribution < -0.4 is 5.43 Å². The number of phenols is 1. The Kier molecular flexibility index (Phi) is 5.16. The summed E-state index contributed by atoms with van der Waals surface area (Å²) in [4.78, 5) is 23.9. The second-order valence-corrected chi connectivity index (χ2v) is 5.31. The molecule has 0 amide bonds. The Hall–Kier alpha value is -3.78. The van der Waals surface area contributed by atoms with Crippen LogP contribution in [0.2, 0.25) is 0 Å². The van der Waals surface area contributed by atoms with E-state index >= 15 is 0 Å². The lowest BCUT2D eigenvalue weighted by molar-refractivity contribution is -0.136. The fraction of sp³-hybridized carbons (Fsp3) is 0.0476. The van der Waals surface area contributed by atoms with E-state index in [2.05, 4.69) is 11.8 Å². The van der Waals surface area contributed by atoms with E-state index in [-0.39, 0.29) is 28.9 Å². The smallest absolute Gasteiger partial charge is 0.331 e. The van der Waals surface area contributed by atoms with Crippen LogP contribution in [0.25, 0.3) is 17.0 Å². The molecule has 1 aromatic heterocycles. The van der Waals surface area contributed by atoms with Crippen LogP contribution in [0.15, 0.2) is 70.1 Å². The quantitative estimate of drug-likeness (QED) is 0.448. The van der Waals surface area contributed by atoms with E-state index in [0.29, 0.717) is 5.39 Å². The number of ether oxygens (including phenoxy) is 1. The Bertz CT molecular complexity index is 1080. The lowest BCUT2D eigenvalue weighted by Gasteiger charge is -1.98. The largest absolute Gasteiger partial charge is 0.508 e. The van der Waals surface area contributed by atoms with Crippen LogP contribution in [-0.2, 0) is 9.53 Å². The predicted molar refractivity (Wildman–Crippen MR) is 97.5 cm³/mol. The van der Waals surface area contributed by atoms with Crippen LogP contribution in [0.3, 0.4) is 0 Å². The van der Waals surface area contributed by atoms with Gasteiger partial charge >= 0.3 is 5.97 Å². The van der Waals surface area contributed by atoms with E-state index < -0.39 is 5.97 Å². The van der Waals surface area contributed by atoms with Gasteiger partial charge in [0.05, 0.1) is 5.39 Å². The summed E-state index contributed by atoms with van der Waals surface area (Å²) < 4.78 is 10.3. The maximum absolute atomic E-state index is 12.3. The Balaban J connectivity index is 1.63. The molecular formula is C21H14O5. The van der Waals surface area contributed by atoms with Crippen molar-refractivity contribution in [1.29, 1.82) is 0 Å². The first-order valence-electron chi connectivity index (χ1n) is 7.77. The summed E-state index contributed by atoms with van der Waals surface area (Å²) in [6.45, 7) is -0.148. The van der Waals surface area contributed by atoms with Gasteiger partial charge in [-0.05, 0) is 23.8 Å². The molecule has 0 saturated carbocycles. The van der Waals surface area contributed by atoms with E-state index in [4.69, 9.17) is 9.15 Å². The first kappa shape index (κ1) is 17.1. The summed E-state index contributed by atoms with van der Waals surface area (Å²) in [5.41, 5.74) is 1.00. The van der Waals surface area contributed by atoms with Crippen molar-refractivity contribution in [3.63, 3.8) is 0 Å². The highest BCUT2D eigenvalue weighted by Gasteiger charge is 2.05. The average Bonchev–Trinajstić information content (AvgIpc) is 2.66. The van der Waals surface area contributed by atoms with Crippen molar-refractivity contribution >= 4 is 23.0 Å². The average molecular weight is 346 g/mol. The molecule has 128 valence electrons. The summed E-state index contributed by atoms with van der Waals surface area (Å²) in [5.74, 6) is 4.73. The van der Waals surface area contributed by atoms with Crippen molar-refractivity contribution < 1.29 is 19.1 Å². The molecule has 2 aromatic carbocycles. The Morgan fingerprint density at radius 1 is 1.19 bits per heavy atom. The van der Waals surface area contributed by atoms with Gasteiger partial charge in [0, 0.05) is 12.1 Å². The van der Waals surface area contributed by atoms with Crippen LogP contribution in [0, 0.1) is 11.8 Å². The number of benzene rings is 2. The van der Waals surface area contributed by atoms with Gasteiger partial charge in [-0.25, -0.2) is 4.79 Å². The van der Waals surface area contributed by atoms with Crippen LogP contribution in [0.4, 0.5) is 0 Å². The molecule has 5 nitrogen and oxygen atoms in total. The SMILES string of the molecule is O=C(/C=C/c1ccccc1)OCC#Cc1coc2cc(O)ccc2c1=O. The van der Waals surface area contributed by atoms with Crippen LogP contribution in [-0.4, -0.2) is 17.7 Å². The van der Waals surface area contributed by atoms with Crippen molar-refractivity contribution in [2.24, 2.45) is 0 Å².